The molecule has 0 radical (unpaired) electrons. The van der Waals surface area contributed by atoms with Crippen LogP contribution >= 0.6 is 0 Å². The van der Waals surface area contributed by atoms with Gasteiger partial charge in [-0.2, -0.15) is 0 Å². The molecule has 1 aliphatic carbocycles. The van der Waals surface area contributed by atoms with Crippen molar-refractivity contribution in [2.75, 3.05) is 5.32 Å². The Morgan fingerprint density at radius 1 is 1.42 bits per heavy atom. The van der Waals surface area contributed by atoms with Crippen LogP contribution in [0.3, 0.4) is 0 Å². The fourth-order valence-corrected chi connectivity index (χ4v) is 3.26. The van der Waals surface area contributed by atoms with Gasteiger partial charge in [-0.25, -0.2) is 0 Å². The van der Waals surface area contributed by atoms with E-state index in [9.17, 15) is 4.79 Å². The summed E-state index contributed by atoms with van der Waals surface area (Å²) in [4.78, 5) is 12.3. The predicted molar refractivity (Wildman–Crippen MR) is 72.9 cm³/mol. The van der Waals surface area contributed by atoms with E-state index < -0.39 is 0 Å². The van der Waals surface area contributed by atoms with Crippen LogP contribution in [0, 0.1) is 12.8 Å². The highest BCUT2D eigenvalue weighted by Crippen LogP contribution is 2.45. The van der Waals surface area contributed by atoms with Gasteiger partial charge in [0, 0.05) is 29.2 Å². The maximum atomic E-state index is 12.3. The van der Waals surface area contributed by atoms with E-state index in [0.29, 0.717) is 18.1 Å². The number of nitrogens with one attached hydrogen (secondary N) is 1. The van der Waals surface area contributed by atoms with Gasteiger partial charge in [0.25, 0.3) is 0 Å². The Morgan fingerprint density at radius 2 is 2.21 bits per heavy atom. The molecule has 4 heteroatoms. The van der Waals surface area contributed by atoms with Gasteiger partial charge in [-0.1, -0.05) is 19.0 Å². The number of ketones is 1. The number of aromatic nitrogens is 1. The van der Waals surface area contributed by atoms with Crippen LogP contribution in [0.2, 0.25) is 0 Å². The zero-order valence-corrected chi connectivity index (χ0v) is 11.7. The summed E-state index contributed by atoms with van der Waals surface area (Å²) in [5, 5.41) is 7.35. The first-order valence-electron chi connectivity index (χ1n) is 7.07. The van der Waals surface area contributed by atoms with Crippen molar-refractivity contribution < 1.29 is 9.32 Å². The van der Waals surface area contributed by atoms with Crippen LogP contribution in [0.5, 0.6) is 0 Å². The van der Waals surface area contributed by atoms with Crippen molar-refractivity contribution in [2.45, 2.75) is 52.4 Å². The highest BCUT2D eigenvalue weighted by atomic mass is 16.5. The Labute approximate surface area is 113 Å². The van der Waals surface area contributed by atoms with Gasteiger partial charge < -0.3 is 9.84 Å². The number of fused-ring (bicyclic) bond motifs is 1. The summed E-state index contributed by atoms with van der Waals surface area (Å²) in [5.41, 5.74) is 4.03. The molecule has 0 aromatic carbocycles. The third-order valence-corrected chi connectivity index (χ3v) is 4.03. The fraction of sp³-hybridized carbons (Fsp3) is 0.600. The number of allylic oxidation sites excluding steroid dienone is 2. The van der Waals surface area contributed by atoms with Gasteiger partial charge in [-0.3, -0.25) is 4.79 Å². The first-order chi connectivity index (χ1) is 9.08. The van der Waals surface area contributed by atoms with Crippen LogP contribution < -0.4 is 5.32 Å². The second-order valence-corrected chi connectivity index (χ2v) is 5.99. The molecule has 19 heavy (non-hydrogen) atoms. The molecule has 0 spiro atoms. The van der Waals surface area contributed by atoms with Crippen molar-refractivity contribution in [2.24, 2.45) is 5.92 Å². The van der Waals surface area contributed by atoms with E-state index in [-0.39, 0.29) is 5.92 Å². The van der Waals surface area contributed by atoms with Crippen LogP contribution in [0.4, 0.5) is 5.88 Å². The van der Waals surface area contributed by atoms with Crippen LogP contribution in [0.15, 0.2) is 15.8 Å². The SMILES string of the molecule is Cc1noc2c1[C@H](CC(C)C)C1=C(CCCC1=O)N2. The minimum atomic E-state index is 0.158. The maximum Gasteiger partial charge on any atom is 0.232 e. The average Bonchev–Trinajstić information content (AvgIpc) is 2.70. The summed E-state index contributed by atoms with van der Waals surface area (Å²) in [6.07, 6.45) is 3.52. The Kier molecular flexibility index (Phi) is 2.96. The van der Waals surface area contributed by atoms with Crippen LogP contribution in [-0.4, -0.2) is 10.9 Å². The molecule has 1 atom stereocenters. The van der Waals surface area contributed by atoms with Crippen molar-refractivity contribution in [3.63, 3.8) is 0 Å². The Bertz CT molecular complexity index is 554. The third kappa shape index (κ3) is 1.99. The van der Waals surface area contributed by atoms with E-state index in [2.05, 4.69) is 24.3 Å². The number of carbonyl (C=O) groups is 1. The molecule has 3 rings (SSSR count). The van der Waals surface area contributed by atoms with Crippen molar-refractivity contribution in [1.29, 1.82) is 0 Å². The van der Waals surface area contributed by atoms with Crippen LogP contribution in [0.1, 0.15) is 56.7 Å². The van der Waals surface area contributed by atoms with Gasteiger partial charge in [-0.05, 0) is 32.1 Å². The monoisotopic (exact) mass is 260 g/mol. The molecule has 2 aliphatic rings. The van der Waals surface area contributed by atoms with E-state index in [1.807, 2.05) is 6.92 Å². The maximum absolute atomic E-state index is 12.3. The number of carbonyl (C=O) groups excluding carboxylic acids is 1. The quantitative estimate of drug-likeness (QED) is 0.883. The lowest BCUT2D eigenvalue weighted by atomic mass is 9.76. The lowest BCUT2D eigenvalue weighted by molar-refractivity contribution is -0.116. The molecule has 0 saturated carbocycles. The smallest absolute Gasteiger partial charge is 0.232 e. The number of anilines is 1. The number of Topliss-reactive ketones (excluding diaryl/α,β-unsaturated/α-hetero) is 1. The van der Waals surface area contributed by atoms with Gasteiger partial charge in [0.2, 0.25) is 5.88 Å². The third-order valence-electron chi connectivity index (χ3n) is 4.03. The number of nitrogens with zero attached hydrogens (tertiary/aromatic N) is 1. The Morgan fingerprint density at radius 3 is 2.95 bits per heavy atom. The molecule has 0 saturated heterocycles. The number of aryl methyl sites for hydroxylation is 1. The molecule has 0 unspecified atom stereocenters. The summed E-state index contributed by atoms with van der Waals surface area (Å²) >= 11 is 0. The van der Waals surface area contributed by atoms with Gasteiger partial charge >= 0.3 is 0 Å². The largest absolute Gasteiger partial charge is 0.338 e. The average molecular weight is 260 g/mol. The Hall–Kier alpha value is -1.58. The first kappa shape index (κ1) is 12.5. The zero-order chi connectivity index (χ0) is 13.6. The van der Waals surface area contributed by atoms with E-state index in [0.717, 1.165) is 47.7 Å². The molecule has 1 aliphatic heterocycles. The van der Waals surface area contributed by atoms with Crippen molar-refractivity contribution in [3.05, 3.63) is 22.5 Å². The molecule has 4 nitrogen and oxygen atoms in total. The number of hydrogen-bond donors (Lipinski definition) is 1. The number of hydrogen-bond acceptors (Lipinski definition) is 4. The van der Waals surface area contributed by atoms with Gasteiger partial charge in [0.1, 0.15) is 0 Å². The van der Waals surface area contributed by atoms with Gasteiger partial charge in [0.05, 0.1) is 5.69 Å². The molecular formula is C15H20N2O2. The second kappa shape index (κ2) is 4.51. The van der Waals surface area contributed by atoms with Gasteiger partial charge in [0.15, 0.2) is 5.78 Å². The normalized spacial score (nSPS) is 22.3. The first-order valence-corrected chi connectivity index (χ1v) is 7.07. The molecule has 1 N–H and O–H groups in total. The van der Waals surface area contributed by atoms with Crippen molar-refractivity contribution >= 4 is 11.7 Å². The van der Waals surface area contributed by atoms with Crippen molar-refractivity contribution in [1.82, 2.24) is 5.16 Å². The predicted octanol–water partition coefficient (Wildman–Crippen LogP) is 3.55. The summed E-state index contributed by atoms with van der Waals surface area (Å²) in [5.74, 6) is 1.74. The highest BCUT2D eigenvalue weighted by Gasteiger charge is 2.37. The molecule has 2 heterocycles. The minimum absolute atomic E-state index is 0.158. The van der Waals surface area contributed by atoms with Crippen molar-refractivity contribution in [3.8, 4) is 0 Å². The topological polar surface area (TPSA) is 55.1 Å². The van der Waals surface area contributed by atoms with Crippen LogP contribution in [-0.2, 0) is 4.79 Å². The Balaban J connectivity index is 2.10. The highest BCUT2D eigenvalue weighted by molar-refractivity contribution is 6.00. The fourth-order valence-electron chi connectivity index (χ4n) is 3.26. The van der Waals surface area contributed by atoms with Gasteiger partial charge in [-0.15, -0.1) is 0 Å². The lowest BCUT2D eigenvalue weighted by Gasteiger charge is -2.31. The second-order valence-electron chi connectivity index (χ2n) is 5.99. The standard InChI is InChI=1S/C15H20N2O2/c1-8(2)7-10-13-9(3)17-19-15(13)16-11-5-4-6-12(18)14(10)11/h8,10,16H,4-7H2,1-3H3/t10-/m0/s1. The summed E-state index contributed by atoms with van der Waals surface area (Å²) in [6, 6.07) is 0. The summed E-state index contributed by atoms with van der Waals surface area (Å²) in [7, 11) is 0. The molecule has 1 aromatic rings. The zero-order valence-electron chi connectivity index (χ0n) is 11.7. The molecule has 102 valence electrons. The molecular weight excluding hydrogens is 240 g/mol. The lowest BCUT2D eigenvalue weighted by Crippen LogP contribution is -2.26. The minimum Gasteiger partial charge on any atom is -0.338 e. The van der Waals surface area contributed by atoms with E-state index >= 15 is 0 Å². The van der Waals surface area contributed by atoms with E-state index in [4.69, 9.17) is 4.52 Å². The van der Waals surface area contributed by atoms with E-state index in [1.165, 1.54) is 0 Å². The van der Waals surface area contributed by atoms with E-state index in [1.54, 1.807) is 0 Å². The van der Waals surface area contributed by atoms with Crippen LogP contribution in [0.25, 0.3) is 0 Å². The molecule has 0 amide bonds. The summed E-state index contributed by atoms with van der Waals surface area (Å²) < 4.78 is 5.38. The summed E-state index contributed by atoms with van der Waals surface area (Å²) in [6.45, 7) is 6.34. The molecule has 0 fully saturated rings. The molecule has 0 bridgehead atoms. The number of rotatable bonds is 2. The molecule has 1 aromatic heterocycles.